The van der Waals surface area contributed by atoms with Crippen LogP contribution in [0.5, 0.6) is 0 Å². The monoisotopic (exact) mass is 493 g/mol. The van der Waals surface area contributed by atoms with Gasteiger partial charge in [0.2, 0.25) is 0 Å². The number of methoxy groups -OCH3 is 4. The van der Waals surface area contributed by atoms with Crippen LogP contribution in [0.1, 0.15) is 12.0 Å². The Bertz CT molecular complexity index is 1200. The molecule has 1 heterocycles. The van der Waals surface area contributed by atoms with Gasteiger partial charge in [-0.25, -0.2) is 19.2 Å². The first-order valence-electron chi connectivity index (χ1n) is 11.1. The molecule has 0 saturated heterocycles. The molecule has 0 radical (unpaired) electrons. The van der Waals surface area contributed by atoms with E-state index in [4.69, 9.17) is 18.9 Å². The van der Waals surface area contributed by atoms with Crippen molar-refractivity contribution in [1.82, 2.24) is 0 Å². The number of hydrogen-bond acceptors (Lipinski definition) is 9. The summed E-state index contributed by atoms with van der Waals surface area (Å²) in [5.41, 5.74) is 0.233. The number of carbonyl (C=O) groups excluding carboxylic acids is 4. The minimum absolute atomic E-state index is 0.128. The van der Waals surface area contributed by atoms with Crippen molar-refractivity contribution in [2.24, 2.45) is 0 Å². The third-order valence-electron chi connectivity index (χ3n) is 5.79. The third kappa shape index (κ3) is 5.14. The molecular weight excluding hydrogens is 466 g/mol. The van der Waals surface area contributed by atoms with Crippen LogP contribution in [0.4, 0.5) is 5.69 Å². The molecular formula is C27H27NO8. The van der Waals surface area contributed by atoms with Gasteiger partial charge in [0.15, 0.2) is 0 Å². The second kappa shape index (κ2) is 11.8. The van der Waals surface area contributed by atoms with Gasteiger partial charge in [-0.3, -0.25) is 0 Å². The maximum Gasteiger partial charge on any atom is 0.355 e. The highest BCUT2D eigenvalue weighted by atomic mass is 16.5. The standard InChI is InChI=1S/C27H27NO8/c1-33-24(29)20-19(16-15-17-11-7-5-8-12-17)28(18-13-9-6-10-14-18)23(27(32)36-4)22(26(31)35-3)21(20)25(30)34-2/h5-14,19H,15-16H2,1-4H3. The van der Waals surface area contributed by atoms with Crippen LogP contribution in [0.15, 0.2) is 83.1 Å². The maximum absolute atomic E-state index is 13.2. The highest BCUT2D eigenvalue weighted by Gasteiger charge is 2.47. The lowest BCUT2D eigenvalue weighted by Gasteiger charge is -2.40. The van der Waals surface area contributed by atoms with E-state index in [0.29, 0.717) is 12.1 Å². The molecule has 0 aliphatic carbocycles. The average molecular weight is 494 g/mol. The summed E-state index contributed by atoms with van der Waals surface area (Å²) in [4.78, 5) is 54.0. The molecule has 3 rings (SSSR count). The van der Waals surface area contributed by atoms with Gasteiger partial charge < -0.3 is 23.8 Å². The van der Waals surface area contributed by atoms with Gasteiger partial charge in [-0.05, 0) is 30.5 Å². The van der Waals surface area contributed by atoms with Crippen molar-refractivity contribution in [2.45, 2.75) is 18.9 Å². The van der Waals surface area contributed by atoms with Crippen LogP contribution >= 0.6 is 0 Å². The Morgan fingerprint density at radius 2 is 1.17 bits per heavy atom. The molecule has 1 aliphatic rings. The topological polar surface area (TPSA) is 108 Å². The molecule has 1 atom stereocenters. The molecule has 0 amide bonds. The zero-order valence-corrected chi connectivity index (χ0v) is 20.5. The van der Waals surface area contributed by atoms with Gasteiger partial charge in [0.1, 0.15) is 11.3 Å². The summed E-state index contributed by atoms with van der Waals surface area (Å²) in [6, 6.07) is 17.3. The molecule has 1 aliphatic heterocycles. The van der Waals surface area contributed by atoms with E-state index in [9.17, 15) is 19.2 Å². The van der Waals surface area contributed by atoms with Crippen LogP contribution in [0.3, 0.4) is 0 Å². The minimum Gasteiger partial charge on any atom is -0.466 e. The Hall–Kier alpha value is -4.40. The van der Waals surface area contributed by atoms with E-state index in [1.54, 1.807) is 30.3 Å². The lowest BCUT2D eigenvalue weighted by atomic mass is 9.84. The van der Waals surface area contributed by atoms with Gasteiger partial charge >= 0.3 is 23.9 Å². The lowest BCUT2D eigenvalue weighted by molar-refractivity contribution is -0.142. The van der Waals surface area contributed by atoms with Crippen molar-refractivity contribution >= 4 is 29.6 Å². The van der Waals surface area contributed by atoms with Gasteiger partial charge in [0, 0.05) is 5.69 Å². The van der Waals surface area contributed by atoms with Crippen LogP contribution < -0.4 is 4.90 Å². The molecule has 0 N–H and O–H groups in total. The van der Waals surface area contributed by atoms with E-state index < -0.39 is 41.1 Å². The largest absolute Gasteiger partial charge is 0.466 e. The summed E-state index contributed by atoms with van der Waals surface area (Å²) < 4.78 is 19.9. The normalized spacial score (nSPS) is 15.3. The van der Waals surface area contributed by atoms with Gasteiger partial charge in [-0.1, -0.05) is 48.5 Å². The predicted octanol–water partition coefficient (Wildman–Crippen LogP) is 2.75. The fourth-order valence-corrected chi connectivity index (χ4v) is 4.20. The Labute approximate surface area is 208 Å². The first kappa shape index (κ1) is 26.2. The third-order valence-corrected chi connectivity index (χ3v) is 5.79. The van der Waals surface area contributed by atoms with E-state index >= 15 is 0 Å². The summed E-state index contributed by atoms with van der Waals surface area (Å²) in [7, 11) is 4.54. The maximum atomic E-state index is 13.2. The SMILES string of the molecule is COC(=O)C1=C(C(=O)OC)C(CCc2ccccc2)N(c2ccccc2)C(C(=O)OC)=C1C(=O)OC. The molecule has 0 spiro atoms. The fraction of sp³-hybridized carbons (Fsp3) is 0.259. The van der Waals surface area contributed by atoms with Gasteiger partial charge in [-0.15, -0.1) is 0 Å². The van der Waals surface area contributed by atoms with Crippen LogP contribution in [0.2, 0.25) is 0 Å². The van der Waals surface area contributed by atoms with Crippen molar-refractivity contribution in [3.05, 3.63) is 88.6 Å². The number of hydrogen-bond donors (Lipinski definition) is 0. The predicted molar refractivity (Wildman–Crippen MR) is 130 cm³/mol. The second-order valence-electron chi connectivity index (χ2n) is 7.72. The molecule has 0 fully saturated rings. The van der Waals surface area contributed by atoms with Crippen LogP contribution in [0, 0.1) is 0 Å². The van der Waals surface area contributed by atoms with E-state index in [2.05, 4.69) is 0 Å². The molecule has 0 saturated carbocycles. The lowest BCUT2D eigenvalue weighted by Crippen LogP contribution is -2.48. The Morgan fingerprint density at radius 1 is 0.667 bits per heavy atom. The number of rotatable bonds is 8. The quantitative estimate of drug-likeness (QED) is 0.405. The number of para-hydroxylation sites is 1. The minimum atomic E-state index is -1.01. The molecule has 9 heteroatoms. The van der Waals surface area contributed by atoms with Crippen LogP contribution in [-0.2, 0) is 44.5 Å². The molecule has 2 aromatic carbocycles. The first-order valence-corrected chi connectivity index (χ1v) is 11.1. The number of anilines is 1. The molecule has 0 aromatic heterocycles. The summed E-state index contributed by atoms with van der Waals surface area (Å²) in [6.07, 6.45) is 0.755. The molecule has 1 unspecified atom stereocenters. The van der Waals surface area contributed by atoms with Gasteiger partial charge in [-0.2, -0.15) is 0 Å². The van der Waals surface area contributed by atoms with Gasteiger partial charge in [0.05, 0.1) is 45.6 Å². The number of ether oxygens (including phenoxy) is 4. The summed E-state index contributed by atoms with van der Waals surface area (Å²) in [6.45, 7) is 0. The highest BCUT2D eigenvalue weighted by molar-refractivity contribution is 6.18. The molecule has 0 bridgehead atoms. The number of esters is 4. The summed E-state index contributed by atoms with van der Waals surface area (Å²) in [5.74, 6) is -3.75. The van der Waals surface area contributed by atoms with E-state index in [-0.39, 0.29) is 17.7 Å². The summed E-state index contributed by atoms with van der Waals surface area (Å²) >= 11 is 0. The van der Waals surface area contributed by atoms with Crippen molar-refractivity contribution < 1.29 is 38.1 Å². The number of nitrogens with zero attached hydrogens (tertiary/aromatic N) is 1. The Kier molecular flexibility index (Phi) is 8.61. The highest BCUT2D eigenvalue weighted by Crippen LogP contribution is 2.40. The van der Waals surface area contributed by atoms with Crippen LogP contribution in [-0.4, -0.2) is 58.4 Å². The fourth-order valence-electron chi connectivity index (χ4n) is 4.20. The van der Waals surface area contributed by atoms with Crippen molar-refractivity contribution in [1.29, 1.82) is 0 Å². The van der Waals surface area contributed by atoms with E-state index in [0.717, 1.165) is 26.9 Å². The zero-order chi connectivity index (χ0) is 26.2. The number of carbonyl (C=O) groups is 4. The van der Waals surface area contributed by atoms with Gasteiger partial charge in [0.25, 0.3) is 0 Å². The second-order valence-corrected chi connectivity index (χ2v) is 7.72. The average Bonchev–Trinajstić information content (AvgIpc) is 2.94. The Balaban J connectivity index is 2.39. The zero-order valence-electron chi connectivity index (χ0n) is 20.5. The smallest absolute Gasteiger partial charge is 0.355 e. The molecule has 36 heavy (non-hydrogen) atoms. The van der Waals surface area contributed by atoms with Crippen molar-refractivity contribution in [3.8, 4) is 0 Å². The summed E-state index contributed by atoms with van der Waals surface area (Å²) in [5, 5.41) is 0. The van der Waals surface area contributed by atoms with Crippen molar-refractivity contribution in [3.63, 3.8) is 0 Å². The number of benzene rings is 2. The molecule has 188 valence electrons. The van der Waals surface area contributed by atoms with E-state index in [1.165, 1.54) is 12.0 Å². The van der Waals surface area contributed by atoms with Crippen LogP contribution in [0.25, 0.3) is 0 Å². The van der Waals surface area contributed by atoms with Crippen molar-refractivity contribution in [2.75, 3.05) is 33.3 Å². The Morgan fingerprint density at radius 3 is 1.69 bits per heavy atom. The van der Waals surface area contributed by atoms with E-state index in [1.807, 2.05) is 30.3 Å². The first-order chi connectivity index (χ1) is 17.4. The number of aryl methyl sites for hydroxylation is 1. The molecule has 2 aromatic rings. The molecule has 9 nitrogen and oxygen atoms in total.